The van der Waals surface area contributed by atoms with E-state index in [-0.39, 0.29) is 5.78 Å². The van der Waals surface area contributed by atoms with Gasteiger partial charge < -0.3 is 4.42 Å². The lowest BCUT2D eigenvalue weighted by atomic mass is 10.3. The van der Waals surface area contributed by atoms with Crippen LogP contribution in [0.3, 0.4) is 0 Å². The van der Waals surface area contributed by atoms with Gasteiger partial charge in [-0.15, -0.1) is 0 Å². The van der Waals surface area contributed by atoms with Crippen LogP contribution in [0.2, 0.25) is 0 Å². The van der Waals surface area contributed by atoms with E-state index < -0.39 is 0 Å². The van der Waals surface area contributed by atoms with Crippen molar-refractivity contribution in [1.29, 1.82) is 0 Å². The second-order valence-electron chi connectivity index (χ2n) is 1.97. The van der Waals surface area contributed by atoms with E-state index in [0.29, 0.717) is 16.9 Å². The van der Waals surface area contributed by atoms with Crippen LogP contribution < -0.4 is 0 Å². The molecular formula is C6H6BrNO2. The zero-order valence-corrected chi connectivity index (χ0v) is 7.01. The number of ketones is 1. The van der Waals surface area contributed by atoms with Crippen LogP contribution in [0, 0.1) is 0 Å². The molecule has 0 fully saturated rings. The summed E-state index contributed by atoms with van der Waals surface area (Å²) in [5, 5.41) is 0. The number of hydrogen-bond acceptors (Lipinski definition) is 3. The third-order valence-corrected chi connectivity index (χ3v) is 1.32. The number of carbonyl (C=O) groups excluding carboxylic acids is 1. The summed E-state index contributed by atoms with van der Waals surface area (Å²) < 4.78 is 4.82. The maximum atomic E-state index is 10.5. The Hall–Kier alpha value is -0.640. The molecule has 1 rings (SSSR count). The second kappa shape index (κ2) is 2.96. The van der Waals surface area contributed by atoms with Gasteiger partial charge in [0.15, 0.2) is 0 Å². The van der Waals surface area contributed by atoms with Crippen molar-refractivity contribution in [1.82, 2.24) is 4.98 Å². The minimum absolute atomic E-state index is 0.0841. The predicted molar refractivity (Wildman–Crippen MR) is 38.6 cm³/mol. The van der Waals surface area contributed by atoms with Gasteiger partial charge in [-0.3, -0.25) is 4.79 Å². The van der Waals surface area contributed by atoms with E-state index in [4.69, 9.17) is 4.42 Å². The average Bonchev–Trinajstić information content (AvgIpc) is 2.13. The van der Waals surface area contributed by atoms with Crippen molar-refractivity contribution in [2.75, 3.05) is 0 Å². The molecule has 1 aromatic rings. The zero-order valence-electron chi connectivity index (χ0n) is 5.43. The van der Waals surface area contributed by atoms with Crippen LogP contribution in [0.25, 0.3) is 0 Å². The largest absolute Gasteiger partial charge is 0.439 e. The van der Waals surface area contributed by atoms with Gasteiger partial charge in [0.2, 0.25) is 0 Å². The molecule has 0 N–H and O–H groups in total. The van der Waals surface area contributed by atoms with Crippen molar-refractivity contribution in [2.24, 2.45) is 0 Å². The summed E-state index contributed by atoms with van der Waals surface area (Å²) in [7, 11) is 0. The van der Waals surface area contributed by atoms with Crippen molar-refractivity contribution >= 4 is 21.7 Å². The van der Waals surface area contributed by atoms with Crippen LogP contribution in [0.5, 0.6) is 0 Å². The van der Waals surface area contributed by atoms with E-state index in [9.17, 15) is 4.79 Å². The number of rotatable bonds is 2. The summed E-state index contributed by atoms with van der Waals surface area (Å²) in [6.45, 7) is 1.52. The highest BCUT2D eigenvalue weighted by Gasteiger charge is 2.02. The molecule has 54 valence electrons. The molecular weight excluding hydrogens is 198 g/mol. The van der Waals surface area contributed by atoms with E-state index in [0.717, 1.165) is 0 Å². The number of nitrogens with zero attached hydrogens (tertiary/aromatic N) is 1. The molecule has 3 nitrogen and oxygen atoms in total. The summed E-state index contributed by atoms with van der Waals surface area (Å²) in [5.41, 5.74) is 0.666. The summed E-state index contributed by atoms with van der Waals surface area (Å²) in [6.07, 6.45) is 1.81. The van der Waals surface area contributed by atoms with E-state index in [2.05, 4.69) is 20.9 Å². The first-order valence-electron chi connectivity index (χ1n) is 2.78. The lowest BCUT2D eigenvalue weighted by molar-refractivity contribution is -0.116. The van der Waals surface area contributed by atoms with Crippen LogP contribution in [-0.4, -0.2) is 10.8 Å². The highest BCUT2D eigenvalue weighted by atomic mass is 79.9. The van der Waals surface area contributed by atoms with Crippen LogP contribution in [0.4, 0.5) is 0 Å². The molecule has 0 aliphatic heterocycles. The Balaban J connectivity index is 2.67. The first-order chi connectivity index (χ1) is 4.68. The molecule has 0 spiro atoms. The minimum atomic E-state index is 0.0841. The minimum Gasteiger partial charge on any atom is -0.439 e. The quantitative estimate of drug-likeness (QED) is 0.734. The molecule has 1 aromatic heterocycles. The Morgan fingerprint density at radius 2 is 2.60 bits per heavy atom. The SMILES string of the molecule is CC(=O)Cc1coc(Br)n1. The second-order valence-corrected chi connectivity index (χ2v) is 2.65. The van der Waals surface area contributed by atoms with Crippen molar-refractivity contribution < 1.29 is 9.21 Å². The van der Waals surface area contributed by atoms with Gasteiger partial charge in [-0.05, 0) is 6.92 Å². The van der Waals surface area contributed by atoms with Gasteiger partial charge in [0.25, 0.3) is 4.80 Å². The summed E-state index contributed by atoms with van der Waals surface area (Å²) >= 11 is 3.03. The lowest BCUT2D eigenvalue weighted by Crippen LogP contribution is -1.95. The Kier molecular flexibility index (Phi) is 2.21. The molecule has 0 bridgehead atoms. The lowest BCUT2D eigenvalue weighted by Gasteiger charge is -1.83. The maximum absolute atomic E-state index is 10.5. The van der Waals surface area contributed by atoms with Crippen LogP contribution in [-0.2, 0) is 11.2 Å². The van der Waals surface area contributed by atoms with Gasteiger partial charge in [0.1, 0.15) is 12.0 Å². The Morgan fingerprint density at radius 3 is 3.00 bits per heavy atom. The fraction of sp³-hybridized carbons (Fsp3) is 0.333. The molecule has 0 aliphatic carbocycles. The highest BCUT2D eigenvalue weighted by Crippen LogP contribution is 2.08. The molecule has 0 amide bonds. The Labute approximate surface area is 66.6 Å². The molecule has 10 heavy (non-hydrogen) atoms. The van der Waals surface area contributed by atoms with Crippen LogP contribution in [0.1, 0.15) is 12.6 Å². The van der Waals surface area contributed by atoms with Crippen molar-refractivity contribution in [3.63, 3.8) is 0 Å². The number of hydrogen-bond donors (Lipinski definition) is 0. The standard InChI is InChI=1S/C6H6BrNO2/c1-4(9)2-5-3-10-6(7)8-5/h3H,2H2,1H3. The number of halogens is 1. The first kappa shape index (κ1) is 7.47. The summed E-state index contributed by atoms with van der Waals surface area (Å²) in [6, 6.07) is 0. The van der Waals surface area contributed by atoms with E-state index in [1.165, 1.54) is 13.2 Å². The Morgan fingerprint density at radius 1 is 1.90 bits per heavy atom. The first-order valence-corrected chi connectivity index (χ1v) is 3.57. The van der Waals surface area contributed by atoms with Crippen LogP contribution in [0.15, 0.2) is 15.5 Å². The summed E-state index contributed by atoms with van der Waals surface area (Å²) in [4.78, 5) is 14.8. The Bertz CT molecular complexity index is 244. The number of aromatic nitrogens is 1. The number of oxazole rings is 1. The van der Waals surface area contributed by atoms with Crippen molar-refractivity contribution in [2.45, 2.75) is 13.3 Å². The molecule has 0 aromatic carbocycles. The molecule has 0 aliphatic rings. The molecule has 0 atom stereocenters. The fourth-order valence-corrected chi connectivity index (χ4v) is 0.940. The smallest absolute Gasteiger partial charge is 0.264 e. The van der Waals surface area contributed by atoms with Gasteiger partial charge in [-0.25, -0.2) is 4.98 Å². The van der Waals surface area contributed by atoms with Gasteiger partial charge in [0.05, 0.1) is 12.1 Å². The molecule has 0 saturated heterocycles. The fourth-order valence-electron chi connectivity index (χ4n) is 0.619. The van der Waals surface area contributed by atoms with E-state index >= 15 is 0 Å². The molecule has 1 heterocycles. The average molecular weight is 204 g/mol. The maximum Gasteiger partial charge on any atom is 0.264 e. The predicted octanol–water partition coefficient (Wildman–Crippen LogP) is 1.57. The monoisotopic (exact) mass is 203 g/mol. The number of Topliss-reactive ketones (excluding diaryl/α,β-unsaturated/α-hetero) is 1. The van der Waals surface area contributed by atoms with E-state index in [1.807, 2.05) is 0 Å². The third-order valence-electron chi connectivity index (χ3n) is 0.954. The van der Waals surface area contributed by atoms with Crippen LogP contribution >= 0.6 is 15.9 Å². The third kappa shape index (κ3) is 1.95. The topological polar surface area (TPSA) is 43.1 Å². The van der Waals surface area contributed by atoms with E-state index in [1.54, 1.807) is 0 Å². The number of carbonyl (C=O) groups is 1. The molecule has 4 heteroatoms. The van der Waals surface area contributed by atoms with Gasteiger partial charge >= 0.3 is 0 Å². The summed E-state index contributed by atoms with van der Waals surface area (Å²) in [5.74, 6) is 0.0841. The van der Waals surface area contributed by atoms with Gasteiger partial charge in [-0.2, -0.15) is 0 Å². The van der Waals surface area contributed by atoms with Gasteiger partial charge in [-0.1, -0.05) is 0 Å². The zero-order chi connectivity index (χ0) is 7.56. The normalized spacial score (nSPS) is 9.80. The molecule has 0 saturated carbocycles. The van der Waals surface area contributed by atoms with Crippen molar-refractivity contribution in [3.8, 4) is 0 Å². The molecule has 0 unspecified atom stereocenters. The van der Waals surface area contributed by atoms with Crippen molar-refractivity contribution in [3.05, 3.63) is 16.8 Å². The van der Waals surface area contributed by atoms with Gasteiger partial charge in [0, 0.05) is 15.9 Å². The molecule has 0 radical (unpaired) electrons. The highest BCUT2D eigenvalue weighted by molar-refractivity contribution is 9.10.